The van der Waals surface area contributed by atoms with E-state index in [0.717, 1.165) is 0 Å². The molecule has 1 atom stereocenters. The van der Waals surface area contributed by atoms with E-state index in [9.17, 15) is 4.79 Å². The van der Waals surface area contributed by atoms with E-state index in [2.05, 4.69) is 39.9 Å². The number of carbonyl (C=O) groups is 1. The van der Waals surface area contributed by atoms with E-state index in [1.807, 2.05) is 24.3 Å². The summed E-state index contributed by atoms with van der Waals surface area (Å²) < 4.78 is 0. The van der Waals surface area contributed by atoms with Crippen molar-refractivity contribution in [2.75, 3.05) is 6.54 Å². The number of hydrogen-bond acceptors (Lipinski definition) is 2. The van der Waals surface area contributed by atoms with Gasteiger partial charge in [0.1, 0.15) is 0 Å². The SMILES string of the molecule is CC(C)c1ccc(C(=O)NC(CN)C(C)(C)C)cc1. The lowest BCUT2D eigenvalue weighted by Gasteiger charge is -2.30. The molecule has 0 bridgehead atoms. The molecule has 1 rings (SSSR count). The molecule has 0 aliphatic carbocycles. The lowest BCUT2D eigenvalue weighted by atomic mass is 9.86. The molecule has 3 nitrogen and oxygen atoms in total. The van der Waals surface area contributed by atoms with Gasteiger partial charge in [0.2, 0.25) is 0 Å². The molecule has 0 aliphatic heterocycles. The van der Waals surface area contributed by atoms with E-state index in [4.69, 9.17) is 5.73 Å². The molecule has 19 heavy (non-hydrogen) atoms. The van der Waals surface area contributed by atoms with Gasteiger partial charge < -0.3 is 11.1 Å². The Morgan fingerprint density at radius 3 is 2.11 bits per heavy atom. The summed E-state index contributed by atoms with van der Waals surface area (Å²) in [7, 11) is 0. The van der Waals surface area contributed by atoms with Crippen LogP contribution in [0.2, 0.25) is 0 Å². The van der Waals surface area contributed by atoms with E-state index < -0.39 is 0 Å². The van der Waals surface area contributed by atoms with Crippen LogP contribution in [0.25, 0.3) is 0 Å². The molecule has 0 fully saturated rings. The van der Waals surface area contributed by atoms with E-state index in [1.54, 1.807) is 0 Å². The quantitative estimate of drug-likeness (QED) is 0.876. The van der Waals surface area contributed by atoms with Crippen molar-refractivity contribution in [3.05, 3.63) is 35.4 Å². The van der Waals surface area contributed by atoms with Crippen LogP contribution in [-0.2, 0) is 0 Å². The maximum Gasteiger partial charge on any atom is 0.251 e. The zero-order valence-electron chi connectivity index (χ0n) is 12.7. The number of benzene rings is 1. The van der Waals surface area contributed by atoms with Crippen LogP contribution in [0.5, 0.6) is 0 Å². The summed E-state index contributed by atoms with van der Waals surface area (Å²) in [6, 6.07) is 7.74. The lowest BCUT2D eigenvalue weighted by molar-refractivity contribution is 0.0905. The Balaban J connectivity index is 2.78. The Labute approximate surface area is 116 Å². The molecule has 1 amide bonds. The minimum absolute atomic E-state index is 0.0234. The van der Waals surface area contributed by atoms with Gasteiger partial charge in [-0.3, -0.25) is 4.79 Å². The Morgan fingerprint density at radius 2 is 1.74 bits per heavy atom. The van der Waals surface area contributed by atoms with Gasteiger partial charge in [-0.15, -0.1) is 0 Å². The predicted octanol–water partition coefficient (Wildman–Crippen LogP) is 2.91. The number of nitrogens with one attached hydrogen (secondary N) is 1. The smallest absolute Gasteiger partial charge is 0.251 e. The zero-order valence-corrected chi connectivity index (χ0v) is 12.7. The number of rotatable bonds is 4. The van der Waals surface area contributed by atoms with Crippen molar-refractivity contribution < 1.29 is 4.79 Å². The third kappa shape index (κ3) is 4.35. The lowest BCUT2D eigenvalue weighted by Crippen LogP contribution is -2.48. The van der Waals surface area contributed by atoms with Crippen LogP contribution in [-0.4, -0.2) is 18.5 Å². The molecular formula is C16H26N2O. The topological polar surface area (TPSA) is 55.1 Å². The average Bonchev–Trinajstić information content (AvgIpc) is 2.34. The molecule has 0 radical (unpaired) electrons. The molecule has 0 aliphatic rings. The highest BCUT2D eigenvalue weighted by atomic mass is 16.1. The fraction of sp³-hybridized carbons (Fsp3) is 0.562. The summed E-state index contributed by atoms with van der Waals surface area (Å²) in [5, 5.41) is 3.01. The molecule has 0 saturated heterocycles. The van der Waals surface area contributed by atoms with Gasteiger partial charge in [-0.05, 0) is 29.0 Å². The maximum absolute atomic E-state index is 12.2. The van der Waals surface area contributed by atoms with Crippen LogP contribution in [0.15, 0.2) is 24.3 Å². The Kier molecular flexibility index (Phi) is 5.12. The fourth-order valence-corrected chi connectivity index (χ4v) is 1.89. The molecule has 3 heteroatoms. The number of amides is 1. The van der Waals surface area contributed by atoms with E-state index in [0.29, 0.717) is 18.0 Å². The normalized spacial score (nSPS) is 13.4. The van der Waals surface area contributed by atoms with Gasteiger partial charge in [0.15, 0.2) is 0 Å². The molecule has 1 unspecified atom stereocenters. The van der Waals surface area contributed by atoms with E-state index in [1.165, 1.54) is 5.56 Å². The van der Waals surface area contributed by atoms with Crippen LogP contribution < -0.4 is 11.1 Å². The van der Waals surface area contributed by atoms with Gasteiger partial charge >= 0.3 is 0 Å². The maximum atomic E-state index is 12.2. The van der Waals surface area contributed by atoms with Crippen LogP contribution in [0.3, 0.4) is 0 Å². The first-order chi connectivity index (χ1) is 8.75. The Bertz CT molecular complexity index is 415. The molecular weight excluding hydrogens is 236 g/mol. The van der Waals surface area contributed by atoms with Crippen molar-refractivity contribution >= 4 is 5.91 Å². The van der Waals surface area contributed by atoms with Crippen molar-refractivity contribution in [1.82, 2.24) is 5.32 Å². The molecule has 0 spiro atoms. The second kappa shape index (κ2) is 6.20. The molecule has 1 aromatic carbocycles. The first-order valence-corrected chi connectivity index (χ1v) is 6.86. The van der Waals surface area contributed by atoms with Crippen LogP contribution >= 0.6 is 0 Å². The van der Waals surface area contributed by atoms with E-state index >= 15 is 0 Å². The highest BCUT2D eigenvalue weighted by Crippen LogP contribution is 2.19. The fourth-order valence-electron chi connectivity index (χ4n) is 1.89. The second-order valence-electron chi connectivity index (χ2n) is 6.40. The van der Waals surface area contributed by atoms with Crippen LogP contribution in [0.4, 0.5) is 0 Å². The molecule has 106 valence electrons. The summed E-state index contributed by atoms with van der Waals surface area (Å²) in [5.74, 6) is 0.421. The highest BCUT2D eigenvalue weighted by molar-refractivity contribution is 5.94. The van der Waals surface area contributed by atoms with E-state index in [-0.39, 0.29) is 17.4 Å². The molecule has 0 heterocycles. The van der Waals surface area contributed by atoms with Crippen LogP contribution in [0, 0.1) is 5.41 Å². The Morgan fingerprint density at radius 1 is 1.21 bits per heavy atom. The minimum Gasteiger partial charge on any atom is -0.348 e. The second-order valence-corrected chi connectivity index (χ2v) is 6.40. The largest absolute Gasteiger partial charge is 0.348 e. The predicted molar refractivity (Wildman–Crippen MR) is 80.3 cm³/mol. The van der Waals surface area contributed by atoms with Crippen LogP contribution in [0.1, 0.15) is 56.5 Å². The highest BCUT2D eigenvalue weighted by Gasteiger charge is 2.25. The standard InChI is InChI=1S/C16H26N2O/c1-11(2)12-6-8-13(9-7-12)15(19)18-14(10-17)16(3,4)5/h6-9,11,14H,10,17H2,1-5H3,(H,18,19). The number of carbonyl (C=O) groups excluding carboxylic acids is 1. The zero-order chi connectivity index (χ0) is 14.6. The summed E-state index contributed by atoms with van der Waals surface area (Å²) in [5.41, 5.74) is 7.62. The van der Waals surface area contributed by atoms with Gasteiger partial charge in [0.05, 0.1) is 0 Å². The first-order valence-electron chi connectivity index (χ1n) is 6.86. The van der Waals surface area contributed by atoms with Crippen molar-refractivity contribution in [2.45, 2.75) is 46.6 Å². The third-order valence-electron chi connectivity index (χ3n) is 3.43. The summed E-state index contributed by atoms with van der Waals surface area (Å²) in [6.07, 6.45) is 0. The van der Waals surface area contributed by atoms with Crippen molar-refractivity contribution in [1.29, 1.82) is 0 Å². The third-order valence-corrected chi connectivity index (χ3v) is 3.43. The van der Waals surface area contributed by atoms with Crippen molar-refractivity contribution in [3.8, 4) is 0 Å². The first kappa shape index (κ1) is 15.7. The summed E-state index contributed by atoms with van der Waals surface area (Å²) in [4.78, 5) is 12.2. The van der Waals surface area contributed by atoms with Crippen molar-refractivity contribution in [3.63, 3.8) is 0 Å². The average molecular weight is 262 g/mol. The van der Waals surface area contributed by atoms with Crippen molar-refractivity contribution in [2.24, 2.45) is 11.1 Å². The monoisotopic (exact) mass is 262 g/mol. The molecule has 1 aromatic rings. The Hall–Kier alpha value is -1.35. The van der Waals surface area contributed by atoms with Gasteiger partial charge in [-0.1, -0.05) is 46.8 Å². The van der Waals surface area contributed by atoms with Gasteiger partial charge in [-0.25, -0.2) is 0 Å². The molecule has 0 aromatic heterocycles. The molecule has 3 N–H and O–H groups in total. The van der Waals surface area contributed by atoms with Gasteiger partial charge in [0, 0.05) is 18.2 Å². The minimum atomic E-state index is -0.0549. The summed E-state index contributed by atoms with van der Waals surface area (Å²) >= 11 is 0. The number of nitrogens with two attached hydrogens (primary N) is 1. The summed E-state index contributed by atoms with van der Waals surface area (Å²) in [6.45, 7) is 10.9. The molecule has 0 saturated carbocycles. The number of hydrogen-bond donors (Lipinski definition) is 2. The van der Waals surface area contributed by atoms with Gasteiger partial charge in [-0.2, -0.15) is 0 Å². The van der Waals surface area contributed by atoms with Gasteiger partial charge in [0.25, 0.3) is 5.91 Å².